The van der Waals surface area contributed by atoms with Crippen molar-refractivity contribution in [1.82, 2.24) is 25.8 Å². The number of nitrogens with zero attached hydrogens (tertiary/aromatic N) is 3. The number of nitrogens with one attached hydrogen (secondary N) is 3. The van der Waals surface area contributed by atoms with Crippen molar-refractivity contribution in [3.8, 4) is 0 Å². The van der Waals surface area contributed by atoms with Crippen LogP contribution in [0.5, 0.6) is 0 Å². The van der Waals surface area contributed by atoms with Crippen LogP contribution in [0.15, 0.2) is 11.2 Å². The molecule has 0 saturated carbocycles. The molecule has 2 heterocycles. The number of guanidine groups is 1. The fourth-order valence-electron chi connectivity index (χ4n) is 2.21. The number of hydrogen-bond donors (Lipinski definition) is 3. The lowest BCUT2D eigenvalue weighted by Crippen LogP contribution is -2.37. The predicted molar refractivity (Wildman–Crippen MR) is 96.1 cm³/mol. The average Bonchev–Trinajstić information content (AvgIpc) is 3.07. The van der Waals surface area contributed by atoms with Gasteiger partial charge in [-0.1, -0.05) is 0 Å². The van der Waals surface area contributed by atoms with E-state index in [4.69, 9.17) is 0 Å². The molecule has 23 heavy (non-hydrogen) atoms. The number of aromatic nitrogens is 3. The Morgan fingerprint density at radius 2 is 2.13 bits per heavy atom. The van der Waals surface area contributed by atoms with E-state index in [1.54, 1.807) is 11.3 Å². The summed E-state index contributed by atoms with van der Waals surface area (Å²) in [5.74, 6) is 0.849. The summed E-state index contributed by atoms with van der Waals surface area (Å²) in [6.07, 6.45) is 3.96. The van der Waals surface area contributed by atoms with Gasteiger partial charge in [0.25, 0.3) is 0 Å². The summed E-state index contributed by atoms with van der Waals surface area (Å²) in [4.78, 5) is 10.4. The summed E-state index contributed by atoms with van der Waals surface area (Å²) in [6.45, 7) is 10.6. The topological polar surface area (TPSA) is 78.0 Å². The van der Waals surface area contributed by atoms with Gasteiger partial charge in [0.2, 0.25) is 0 Å². The van der Waals surface area contributed by atoms with Gasteiger partial charge in [-0.2, -0.15) is 5.10 Å². The maximum Gasteiger partial charge on any atom is 0.191 e. The van der Waals surface area contributed by atoms with Crippen molar-refractivity contribution in [3.05, 3.63) is 33.0 Å². The number of aromatic amines is 1. The fourth-order valence-corrected chi connectivity index (χ4v) is 3.07. The van der Waals surface area contributed by atoms with Crippen molar-refractivity contribution in [1.29, 1.82) is 0 Å². The fraction of sp³-hybridized carbons (Fsp3) is 0.562. The third kappa shape index (κ3) is 5.35. The van der Waals surface area contributed by atoms with Crippen LogP contribution in [0.2, 0.25) is 0 Å². The van der Waals surface area contributed by atoms with E-state index in [9.17, 15) is 0 Å². The van der Waals surface area contributed by atoms with Crippen LogP contribution in [0.3, 0.4) is 0 Å². The van der Waals surface area contributed by atoms with Crippen molar-refractivity contribution in [2.45, 2.75) is 47.1 Å². The molecular weight excluding hydrogens is 308 g/mol. The first-order valence-corrected chi connectivity index (χ1v) is 8.85. The number of hydrogen-bond acceptors (Lipinski definition) is 4. The summed E-state index contributed by atoms with van der Waals surface area (Å²) in [6, 6.07) is 0. The minimum absolute atomic E-state index is 0.621. The highest BCUT2D eigenvalue weighted by Gasteiger charge is 2.04. The monoisotopic (exact) mass is 334 g/mol. The molecule has 0 atom stereocenters. The highest BCUT2D eigenvalue weighted by atomic mass is 32.1. The molecule has 0 saturated heterocycles. The quantitative estimate of drug-likeness (QED) is 0.413. The molecule has 0 aromatic carbocycles. The number of aliphatic imine (C=N–C) groups is 1. The zero-order valence-corrected chi connectivity index (χ0v) is 15.2. The van der Waals surface area contributed by atoms with Crippen LogP contribution in [0.25, 0.3) is 0 Å². The molecule has 0 aliphatic rings. The number of aryl methyl sites for hydroxylation is 4. The second kappa shape index (κ2) is 8.67. The molecule has 0 aliphatic heterocycles. The molecule has 0 unspecified atom stereocenters. The normalized spacial score (nSPS) is 11.7. The Hall–Kier alpha value is -1.89. The van der Waals surface area contributed by atoms with Crippen LogP contribution in [-0.4, -0.2) is 34.2 Å². The molecule has 0 radical (unpaired) electrons. The molecule has 0 spiro atoms. The first kappa shape index (κ1) is 17.5. The lowest BCUT2D eigenvalue weighted by Gasteiger charge is -2.10. The first-order valence-electron chi connectivity index (χ1n) is 8.04. The largest absolute Gasteiger partial charge is 0.357 e. The molecule has 0 amide bonds. The summed E-state index contributed by atoms with van der Waals surface area (Å²) in [5.41, 5.74) is 3.54. The number of rotatable bonds is 7. The minimum Gasteiger partial charge on any atom is -0.357 e. The summed E-state index contributed by atoms with van der Waals surface area (Å²) >= 11 is 1.72. The van der Waals surface area contributed by atoms with Crippen LogP contribution >= 0.6 is 11.3 Å². The van der Waals surface area contributed by atoms with Gasteiger partial charge in [-0.05, 0) is 46.1 Å². The van der Waals surface area contributed by atoms with Crippen molar-refractivity contribution >= 4 is 17.3 Å². The second-order valence-electron chi connectivity index (χ2n) is 5.49. The highest BCUT2D eigenvalue weighted by Crippen LogP contribution is 2.16. The molecule has 7 heteroatoms. The molecule has 0 aliphatic carbocycles. The maximum absolute atomic E-state index is 4.61. The van der Waals surface area contributed by atoms with Crippen LogP contribution in [0.4, 0.5) is 0 Å². The number of H-pyrrole nitrogens is 1. The Labute approximate surface area is 141 Å². The van der Waals surface area contributed by atoms with Crippen LogP contribution in [0.1, 0.15) is 40.2 Å². The van der Waals surface area contributed by atoms with Crippen LogP contribution in [0, 0.1) is 20.8 Å². The maximum atomic E-state index is 4.61. The van der Waals surface area contributed by atoms with Gasteiger partial charge >= 0.3 is 0 Å². The number of thiazole rings is 1. The molecule has 2 aromatic heterocycles. The van der Waals surface area contributed by atoms with Gasteiger partial charge in [0.15, 0.2) is 5.96 Å². The third-order valence-electron chi connectivity index (χ3n) is 3.64. The summed E-state index contributed by atoms with van der Waals surface area (Å²) in [7, 11) is 0. The Kier molecular flexibility index (Phi) is 6.58. The van der Waals surface area contributed by atoms with E-state index in [0.717, 1.165) is 48.3 Å². The van der Waals surface area contributed by atoms with Crippen molar-refractivity contribution < 1.29 is 0 Å². The molecule has 2 aromatic rings. The molecule has 0 bridgehead atoms. The van der Waals surface area contributed by atoms with E-state index in [-0.39, 0.29) is 0 Å². The van der Waals surface area contributed by atoms with Crippen LogP contribution in [-0.2, 0) is 13.0 Å². The molecule has 0 fully saturated rings. The third-order valence-corrected chi connectivity index (χ3v) is 4.70. The predicted octanol–water partition coefficient (Wildman–Crippen LogP) is 2.48. The van der Waals surface area contributed by atoms with E-state index in [2.05, 4.69) is 51.6 Å². The lowest BCUT2D eigenvalue weighted by molar-refractivity contribution is 0.741. The lowest BCUT2D eigenvalue weighted by atomic mass is 10.1. The van der Waals surface area contributed by atoms with E-state index >= 15 is 0 Å². The van der Waals surface area contributed by atoms with Crippen molar-refractivity contribution in [2.24, 2.45) is 4.99 Å². The smallest absolute Gasteiger partial charge is 0.191 e. The van der Waals surface area contributed by atoms with Gasteiger partial charge in [0, 0.05) is 23.7 Å². The SMILES string of the molecule is CCNC(=NCc1nc(C)c(C)s1)NCCCc1cn[nH]c1C. The molecule has 3 N–H and O–H groups in total. The van der Waals surface area contributed by atoms with Crippen molar-refractivity contribution in [3.63, 3.8) is 0 Å². The minimum atomic E-state index is 0.621. The summed E-state index contributed by atoms with van der Waals surface area (Å²) in [5, 5.41) is 14.7. The first-order chi connectivity index (χ1) is 11.1. The summed E-state index contributed by atoms with van der Waals surface area (Å²) < 4.78 is 0. The van der Waals surface area contributed by atoms with Crippen LogP contribution < -0.4 is 10.6 Å². The molecular formula is C16H26N6S. The molecule has 6 nitrogen and oxygen atoms in total. The Morgan fingerprint density at radius 3 is 2.74 bits per heavy atom. The van der Waals surface area contributed by atoms with Gasteiger partial charge in [-0.25, -0.2) is 9.98 Å². The second-order valence-corrected chi connectivity index (χ2v) is 6.78. The average molecular weight is 334 g/mol. The Bertz CT molecular complexity index is 623. The van der Waals surface area contributed by atoms with Gasteiger partial charge < -0.3 is 10.6 Å². The molecule has 126 valence electrons. The standard InChI is InChI=1S/C16H26N6S/c1-5-17-16(19-10-15-21-11(2)13(4)23-15)18-8-6-7-14-9-20-22-12(14)3/h9H,5-8,10H2,1-4H3,(H,20,22)(H2,17,18,19). The van der Waals surface area contributed by atoms with Gasteiger partial charge in [-0.3, -0.25) is 5.10 Å². The Morgan fingerprint density at radius 1 is 1.30 bits per heavy atom. The van der Waals surface area contributed by atoms with E-state index in [0.29, 0.717) is 6.54 Å². The molecule has 2 rings (SSSR count). The van der Waals surface area contributed by atoms with E-state index < -0.39 is 0 Å². The van der Waals surface area contributed by atoms with Crippen molar-refractivity contribution in [2.75, 3.05) is 13.1 Å². The van der Waals surface area contributed by atoms with Gasteiger partial charge in [0.05, 0.1) is 18.4 Å². The van der Waals surface area contributed by atoms with E-state index in [1.807, 2.05) is 13.1 Å². The Balaban J connectivity index is 1.80. The zero-order valence-electron chi connectivity index (χ0n) is 14.4. The zero-order chi connectivity index (χ0) is 16.7. The van der Waals surface area contributed by atoms with Gasteiger partial charge in [0.1, 0.15) is 5.01 Å². The van der Waals surface area contributed by atoms with Gasteiger partial charge in [-0.15, -0.1) is 11.3 Å². The highest BCUT2D eigenvalue weighted by molar-refractivity contribution is 7.11. The van der Waals surface area contributed by atoms with E-state index in [1.165, 1.54) is 10.4 Å².